The molecule has 2 aliphatic rings. The van der Waals surface area contributed by atoms with Crippen LogP contribution in [0.5, 0.6) is 5.75 Å². The molecule has 0 spiro atoms. The van der Waals surface area contributed by atoms with Gasteiger partial charge in [-0.1, -0.05) is 6.07 Å². The van der Waals surface area contributed by atoms with Gasteiger partial charge in [0.15, 0.2) is 6.61 Å². The molecular weight excluding hydrogens is 360 g/mol. The summed E-state index contributed by atoms with van der Waals surface area (Å²) in [6.07, 6.45) is 4.25. The van der Waals surface area contributed by atoms with Crippen molar-refractivity contribution in [2.75, 3.05) is 37.7 Å². The molecule has 1 fully saturated rings. The van der Waals surface area contributed by atoms with Crippen LogP contribution in [0.15, 0.2) is 36.7 Å². The molecule has 2 aromatic rings. The first-order valence-corrected chi connectivity index (χ1v) is 9.51. The highest BCUT2D eigenvalue weighted by Crippen LogP contribution is 2.32. The number of benzene rings is 1. The molecule has 2 amide bonds. The molecule has 1 saturated heterocycles. The zero-order valence-electron chi connectivity index (χ0n) is 15.9. The van der Waals surface area contributed by atoms with Gasteiger partial charge in [0.05, 0.1) is 18.3 Å². The molecule has 0 bridgehead atoms. The molecule has 1 atom stereocenters. The second kappa shape index (κ2) is 8.02. The molecule has 0 saturated carbocycles. The fraction of sp³-hybridized carbons (Fsp3) is 0.450. The molecule has 0 N–H and O–H groups in total. The van der Waals surface area contributed by atoms with Crippen molar-refractivity contribution in [3.05, 3.63) is 42.2 Å². The number of hydrogen-bond acceptors (Lipinski definition) is 5. The number of hydrogen-bond donors (Lipinski definition) is 0. The van der Waals surface area contributed by atoms with Gasteiger partial charge in [-0.25, -0.2) is 0 Å². The second-order valence-corrected chi connectivity index (χ2v) is 7.15. The molecule has 1 aromatic carbocycles. The highest BCUT2D eigenvalue weighted by Gasteiger charge is 2.30. The monoisotopic (exact) mass is 384 g/mol. The third-order valence-electron chi connectivity index (χ3n) is 5.00. The third-order valence-corrected chi connectivity index (χ3v) is 5.00. The Morgan fingerprint density at radius 3 is 3.07 bits per heavy atom. The Morgan fingerprint density at radius 2 is 2.25 bits per heavy atom. The van der Waals surface area contributed by atoms with E-state index in [0.717, 1.165) is 12.0 Å². The normalized spacial score (nSPS) is 19.8. The largest absolute Gasteiger partial charge is 0.482 e. The Hall–Kier alpha value is -2.87. The van der Waals surface area contributed by atoms with E-state index in [1.807, 2.05) is 42.1 Å². The maximum atomic E-state index is 13.0. The van der Waals surface area contributed by atoms with Gasteiger partial charge in [0.1, 0.15) is 12.3 Å². The summed E-state index contributed by atoms with van der Waals surface area (Å²) in [6.45, 7) is 4.21. The summed E-state index contributed by atoms with van der Waals surface area (Å²) in [5.41, 5.74) is 1.67. The van der Waals surface area contributed by atoms with Gasteiger partial charge < -0.3 is 14.4 Å². The van der Waals surface area contributed by atoms with Gasteiger partial charge in [-0.05, 0) is 37.1 Å². The van der Waals surface area contributed by atoms with E-state index in [2.05, 4.69) is 5.10 Å². The van der Waals surface area contributed by atoms with Gasteiger partial charge in [-0.3, -0.25) is 19.2 Å². The Bertz CT molecular complexity index is 852. The number of fused-ring (bicyclic) bond motifs is 1. The molecular formula is C20H24N4O4. The number of ether oxygens (including phenoxy) is 2. The fourth-order valence-electron chi connectivity index (χ4n) is 3.57. The molecule has 3 heterocycles. The Kier molecular flexibility index (Phi) is 5.29. The first kappa shape index (κ1) is 18.5. The summed E-state index contributed by atoms with van der Waals surface area (Å²) >= 11 is 0. The topological polar surface area (TPSA) is 76.9 Å². The quantitative estimate of drug-likeness (QED) is 0.793. The summed E-state index contributed by atoms with van der Waals surface area (Å²) < 4.78 is 13.2. The minimum atomic E-state index is -0.203. The van der Waals surface area contributed by atoms with E-state index < -0.39 is 0 Å². The Labute approximate surface area is 163 Å². The van der Waals surface area contributed by atoms with Gasteiger partial charge in [-0.15, -0.1) is 0 Å². The van der Waals surface area contributed by atoms with Gasteiger partial charge in [0.25, 0.3) is 5.91 Å². The highest BCUT2D eigenvalue weighted by atomic mass is 16.5. The maximum Gasteiger partial charge on any atom is 0.265 e. The minimum Gasteiger partial charge on any atom is -0.482 e. The minimum absolute atomic E-state index is 0.00708. The van der Waals surface area contributed by atoms with Crippen molar-refractivity contribution in [1.82, 2.24) is 14.7 Å². The first-order chi connectivity index (χ1) is 13.6. The van der Waals surface area contributed by atoms with Gasteiger partial charge >= 0.3 is 0 Å². The smallest absolute Gasteiger partial charge is 0.265 e. The number of carbonyl (C=O) groups is 2. The predicted molar refractivity (Wildman–Crippen MR) is 102 cm³/mol. The number of rotatable bonds is 4. The number of nitrogens with zero attached hydrogens (tertiary/aromatic N) is 4. The Morgan fingerprint density at radius 1 is 1.36 bits per heavy atom. The van der Waals surface area contributed by atoms with Crippen molar-refractivity contribution in [1.29, 1.82) is 0 Å². The Balaban J connectivity index is 1.46. The number of anilines is 1. The molecule has 0 aliphatic carbocycles. The molecule has 0 radical (unpaired) electrons. The van der Waals surface area contributed by atoms with E-state index in [0.29, 0.717) is 37.7 Å². The van der Waals surface area contributed by atoms with Crippen molar-refractivity contribution in [2.45, 2.75) is 26.0 Å². The molecule has 2 aliphatic heterocycles. The molecule has 0 unspecified atom stereocenters. The van der Waals surface area contributed by atoms with Crippen LogP contribution < -0.4 is 9.64 Å². The van der Waals surface area contributed by atoms with Crippen LogP contribution in [0.1, 0.15) is 12.0 Å². The molecule has 8 heteroatoms. The molecule has 148 valence electrons. The van der Waals surface area contributed by atoms with Crippen LogP contribution in [-0.2, 0) is 20.9 Å². The lowest BCUT2D eigenvalue weighted by atomic mass is 10.1. The summed E-state index contributed by atoms with van der Waals surface area (Å²) in [6, 6.07) is 7.52. The number of carbonyl (C=O) groups excluding carboxylic acids is 2. The van der Waals surface area contributed by atoms with E-state index in [1.165, 1.54) is 4.90 Å². The molecule has 28 heavy (non-hydrogen) atoms. The van der Waals surface area contributed by atoms with Crippen molar-refractivity contribution in [2.24, 2.45) is 0 Å². The molecule has 8 nitrogen and oxygen atoms in total. The zero-order valence-corrected chi connectivity index (χ0v) is 15.9. The fourth-order valence-corrected chi connectivity index (χ4v) is 3.57. The average Bonchev–Trinajstić information content (AvgIpc) is 3.08. The van der Waals surface area contributed by atoms with Crippen LogP contribution in [0.4, 0.5) is 5.69 Å². The van der Waals surface area contributed by atoms with Crippen LogP contribution in [0.3, 0.4) is 0 Å². The first-order valence-electron chi connectivity index (χ1n) is 9.51. The zero-order chi connectivity index (χ0) is 19.5. The summed E-state index contributed by atoms with van der Waals surface area (Å²) in [7, 11) is 0. The highest BCUT2D eigenvalue weighted by molar-refractivity contribution is 6.02. The van der Waals surface area contributed by atoms with Gasteiger partial charge in [0.2, 0.25) is 5.91 Å². The van der Waals surface area contributed by atoms with Crippen molar-refractivity contribution in [3.8, 4) is 5.75 Å². The van der Waals surface area contributed by atoms with Crippen LogP contribution in [0, 0.1) is 6.92 Å². The van der Waals surface area contributed by atoms with Gasteiger partial charge in [0, 0.05) is 32.1 Å². The van der Waals surface area contributed by atoms with E-state index in [9.17, 15) is 9.59 Å². The van der Waals surface area contributed by atoms with Crippen molar-refractivity contribution < 1.29 is 19.1 Å². The third kappa shape index (κ3) is 4.01. The lowest BCUT2D eigenvalue weighted by Gasteiger charge is -2.31. The van der Waals surface area contributed by atoms with Gasteiger partial charge in [-0.2, -0.15) is 5.10 Å². The maximum absolute atomic E-state index is 13.0. The predicted octanol–water partition coefficient (Wildman–Crippen LogP) is 1.23. The molecule has 4 rings (SSSR count). The van der Waals surface area contributed by atoms with Crippen molar-refractivity contribution in [3.63, 3.8) is 0 Å². The van der Waals surface area contributed by atoms with E-state index in [1.54, 1.807) is 11.1 Å². The summed E-state index contributed by atoms with van der Waals surface area (Å²) in [5.74, 6) is 0.345. The van der Waals surface area contributed by atoms with Crippen LogP contribution in [0.25, 0.3) is 0 Å². The molecule has 1 aromatic heterocycles. The lowest BCUT2D eigenvalue weighted by molar-refractivity contribution is -0.132. The van der Waals surface area contributed by atoms with Crippen molar-refractivity contribution >= 4 is 17.5 Å². The van der Waals surface area contributed by atoms with E-state index in [4.69, 9.17) is 9.47 Å². The standard InChI is InChI=1S/C20H24N4O4/c1-15-4-5-18-17(10-15)24(20(26)14-28-18)13-19(25)22-7-3-9-27-16(11-22)12-23-8-2-6-21-23/h2,4-6,8,10,16H,3,7,9,11-14H2,1H3/t16-/m0/s1. The summed E-state index contributed by atoms with van der Waals surface area (Å²) in [5, 5.41) is 4.21. The number of amides is 2. The van der Waals surface area contributed by atoms with Crippen LogP contribution in [-0.4, -0.2) is 65.4 Å². The summed E-state index contributed by atoms with van der Waals surface area (Å²) in [4.78, 5) is 28.8. The lowest BCUT2D eigenvalue weighted by Crippen LogP contribution is -2.48. The van der Waals surface area contributed by atoms with Crippen LogP contribution >= 0.6 is 0 Å². The second-order valence-electron chi connectivity index (χ2n) is 7.15. The average molecular weight is 384 g/mol. The number of aryl methyl sites for hydroxylation is 1. The van der Waals surface area contributed by atoms with E-state index >= 15 is 0 Å². The SMILES string of the molecule is Cc1ccc2c(c1)N(CC(=O)N1CCCO[C@H](Cn3cccn3)C1)C(=O)CO2. The number of aromatic nitrogens is 2. The van der Waals surface area contributed by atoms with E-state index in [-0.39, 0.29) is 31.1 Å². The van der Waals surface area contributed by atoms with Crippen LogP contribution in [0.2, 0.25) is 0 Å².